The van der Waals surface area contributed by atoms with Crippen molar-refractivity contribution < 1.29 is 0 Å². The number of H-pyrrole nitrogens is 1. The summed E-state index contributed by atoms with van der Waals surface area (Å²) in [5.74, 6) is 1.09. The summed E-state index contributed by atoms with van der Waals surface area (Å²) in [5, 5.41) is 4.25. The number of rotatable bonds is 4. The van der Waals surface area contributed by atoms with E-state index in [0.29, 0.717) is 36.9 Å². The quantitative estimate of drug-likeness (QED) is 0.342. The molecule has 0 radical (unpaired) electrons. The molecule has 0 aliphatic rings. The molecule has 0 amide bonds. The number of aromatic nitrogens is 2. The molecule has 0 bridgehead atoms. The molecule has 2 heterocycles. The number of fused-ring (bicyclic) bond motifs is 1. The molecule has 0 unspecified atom stereocenters. The molecule has 0 aliphatic carbocycles. The Morgan fingerprint density at radius 2 is 1.85 bits per heavy atom. The molecule has 3 nitrogen and oxygen atoms in total. The second kappa shape index (κ2) is 7.86. The summed E-state index contributed by atoms with van der Waals surface area (Å²) < 4.78 is 0. The molecular weight excluding hydrogens is 443 g/mol. The van der Waals surface area contributed by atoms with Gasteiger partial charge in [0.2, 0.25) is 0 Å². The Morgan fingerprint density at radius 3 is 2.63 bits per heavy atom. The van der Waals surface area contributed by atoms with E-state index < -0.39 is 0 Å². The van der Waals surface area contributed by atoms with Gasteiger partial charge in [0.15, 0.2) is 0 Å². The molecule has 0 atom stereocenters. The first-order chi connectivity index (χ1) is 13.0. The van der Waals surface area contributed by atoms with Crippen molar-refractivity contribution >= 4 is 68.1 Å². The highest BCUT2D eigenvalue weighted by Gasteiger charge is 2.15. The number of nitrogens with zero attached hydrogens (tertiary/aromatic N) is 1. The van der Waals surface area contributed by atoms with E-state index >= 15 is 0 Å². The summed E-state index contributed by atoms with van der Waals surface area (Å²) in [6.45, 7) is 0. The Bertz CT molecular complexity index is 1200. The van der Waals surface area contributed by atoms with E-state index in [0.717, 1.165) is 16.0 Å². The lowest BCUT2D eigenvalue weighted by molar-refractivity contribution is 1.05. The highest BCUT2D eigenvalue weighted by molar-refractivity contribution is 7.98. The third-order valence-electron chi connectivity index (χ3n) is 3.92. The van der Waals surface area contributed by atoms with Crippen molar-refractivity contribution in [1.82, 2.24) is 9.97 Å². The fraction of sp³-hybridized carbons (Fsp3) is 0.0526. The molecule has 0 saturated carbocycles. The highest BCUT2D eigenvalue weighted by atomic mass is 35.5. The predicted molar refractivity (Wildman–Crippen MR) is 117 cm³/mol. The van der Waals surface area contributed by atoms with E-state index in [1.165, 1.54) is 23.1 Å². The van der Waals surface area contributed by atoms with E-state index in [4.69, 9.17) is 34.8 Å². The van der Waals surface area contributed by atoms with E-state index in [2.05, 4.69) is 9.97 Å². The SMILES string of the molecule is O=c1[nH]c(CSc2ccc(Cl)cc2Cl)nc2scc(-c3ccccc3Cl)c12. The average Bonchev–Trinajstić information content (AvgIpc) is 3.06. The van der Waals surface area contributed by atoms with Gasteiger partial charge in [0.05, 0.1) is 16.2 Å². The van der Waals surface area contributed by atoms with Crippen LogP contribution in [-0.2, 0) is 5.75 Å². The number of thiophene rings is 1. The first-order valence-electron chi connectivity index (χ1n) is 7.86. The van der Waals surface area contributed by atoms with Crippen LogP contribution in [0.2, 0.25) is 15.1 Å². The van der Waals surface area contributed by atoms with Gasteiger partial charge in [0, 0.05) is 31.4 Å². The molecule has 0 spiro atoms. The standard InChI is InChI=1S/C19H11Cl3N2OS2/c20-10-5-6-15(14(22)7-10)26-9-16-23-18(25)17-12(8-27-19(17)24-16)11-3-1-2-4-13(11)21/h1-8H,9H2,(H,23,24,25). The Morgan fingerprint density at radius 1 is 1.04 bits per heavy atom. The first kappa shape index (κ1) is 18.8. The fourth-order valence-electron chi connectivity index (χ4n) is 2.68. The van der Waals surface area contributed by atoms with Crippen LogP contribution in [0.15, 0.2) is 57.5 Å². The van der Waals surface area contributed by atoms with Crippen LogP contribution >= 0.6 is 57.9 Å². The molecule has 8 heteroatoms. The van der Waals surface area contributed by atoms with Gasteiger partial charge >= 0.3 is 0 Å². The molecule has 0 fully saturated rings. The van der Waals surface area contributed by atoms with Crippen molar-refractivity contribution in [2.45, 2.75) is 10.6 Å². The number of halogens is 3. The summed E-state index contributed by atoms with van der Waals surface area (Å²) >= 11 is 21.3. The van der Waals surface area contributed by atoms with Crippen molar-refractivity contribution in [2.75, 3.05) is 0 Å². The van der Waals surface area contributed by atoms with Crippen LogP contribution in [0.5, 0.6) is 0 Å². The maximum Gasteiger partial charge on any atom is 0.260 e. The Kier molecular flexibility index (Phi) is 5.48. The molecule has 4 rings (SSSR count). The van der Waals surface area contributed by atoms with Gasteiger partial charge in [-0.15, -0.1) is 23.1 Å². The molecular formula is C19H11Cl3N2OS2. The van der Waals surface area contributed by atoms with Gasteiger partial charge in [-0.1, -0.05) is 53.0 Å². The van der Waals surface area contributed by atoms with Crippen molar-refractivity contribution in [3.8, 4) is 11.1 Å². The van der Waals surface area contributed by atoms with Crippen LogP contribution in [0.1, 0.15) is 5.82 Å². The zero-order valence-electron chi connectivity index (χ0n) is 13.6. The maximum atomic E-state index is 12.7. The molecule has 1 N–H and O–H groups in total. The van der Waals surface area contributed by atoms with E-state index in [1.807, 2.05) is 35.7 Å². The normalized spacial score (nSPS) is 11.2. The van der Waals surface area contributed by atoms with Crippen molar-refractivity contribution in [3.05, 3.63) is 79.1 Å². The minimum atomic E-state index is -0.172. The van der Waals surface area contributed by atoms with E-state index in [9.17, 15) is 4.79 Å². The van der Waals surface area contributed by atoms with Gasteiger partial charge in [-0.25, -0.2) is 4.98 Å². The summed E-state index contributed by atoms with van der Waals surface area (Å²) in [7, 11) is 0. The van der Waals surface area contributed by atoms with Gasteiger partial charge in [-0.2, -0.15) is 0 Å². The monoisotopic (exact) mass is 452 g/mol. The van der Waals surface area contributed by atoms with Gasteiger partial charge in [0.1, 0.15) is 10.7 Å². The Labute approximate surface area is 178 Å². The van der Waals surface area contributed by atoms with E-state index in [1.54, 1.807) is 12.1 Å². The predicted octanol–water partition coefficient (Wildman–Crippen LogP) is 6.90. The number of aromatic amines is 1. The van der Waals surface area contributed by atoms with Crippen LogP contribution < -0.4 is 5.56 Å². The first-order valence-corrected chi connectivity index (χ1v) is 10.9. The second-order valence-corrected chi connectivity index (χ2v) is 8.81. The minimum absolute atomic E-state index is 0.172. The number of thioether (sulfide) groups is 1. The molecule has 0 aliphatic heterocycles. The maximum absolute atomic E-state index is 12.7. The lowest BCUT2D eigenvalue weighted by atomic mass is 10.1. The van der Waals surface area contributed by atoms with Crippen molar-refractivity contribution in [2.24, 2.45) is 0 Å². The zero-order chi connectivity index (χ0) is 19.0. The summed E-state index contributed by atoms with van der Waals surface area (Å²) in [5.41, 5.74) is 1.45. The lowest BCUT2D eigenvalue weighted by Crippen LogP contribution is -2.10. The largest absolute Gasteiger partial charge is 0.309 e. The average molecular weight is 454 g/mol. The third-order valence-corrected chi connectivity index (χ3v) is 6.86. The third kappa shape index (κ3) is 3.89. The zero-order valence-corrected chi connectivity index (χ0v) is 17.5. The van der Waals surface area contributed by atoms with Gasteiger partial charge < -0.3 is 4.98 Å². The van der Waals surface area contributed by atoms with Gasteiger partial charge in [0.25, 0.3) is 5.56 Å². The molecule has 2 aromatic carbocycles. The minimum Gasteiger partial charge on any atom is -0.309 e. The highest BCUT2D eigenvalue weighted by Crippen LogP contribution is 2.35. The molecule has 136 valence electrons. The molecule has 4 aromatic rings. The van der Waals surface area contributed by atoms with Crippen LogP contribution in [-0.4, -0.2) is 9.97 Å². The van der Waals surface area contributed by atoms with E-state index in [-0.39, 0.29) is 5.56 Å². The fourth-order valence-corrected chi connectivity index (χ4v) is 5.24. The lowest BCUT2D eigenvalue weighted by Gasteiger charge is -2.05. The van der Waals surface area contributed by atoms with Gasteiger partial charge in [-0.3, -0.25) is 4.79 Å². The van der Waals surface area contributed by atoms with Crippen LogP contribution in [0.3, 0.4) is 0 Å². The molecule has 0 saturated heterocycles. The van der Waals surface area contributed by atoms with Crippen LogP contribution in [0, 0.1) is 0 Å². The number of hydrogen-bond acceptors (Lipinski definition) is 4. The summed E-state index contributed by atoms with van der Waals surface area (Å²) in [4.78, 5) is 21.8. The molecule has 2 aromatic heterocycles. The number of hydrogen-bond donors (Lipinski definition) is 1. The summed E-state index contributed by atoms with van der Waals surface area (Å²) in [6, 6.07) is 12.8. The van der Waals surface area contributed by atoms with Gasteiger partial charge in [-0.05, 0) is 24.3 Å². The summed E-state index contributed by atoms with van der Waals surface area (Å²) in [6.07, 6.45) is 0. The van der Waals surface area contributed by atoms with Crippen molar-refractivity contribution in [3.63, 3.8) is 0 Å². The topological polar surface area (TPSA) is 45.8 Å². The van der Waals surface area contributed by atoms with Crippen LogP contribution in [0.25, 0.3) is 21.3 Å². The second-order valence-electron chi connectivity index (χ2n) is 5.69. The number of benzene rings is 2. The van der Waals surface area contributed by atoms with Crippen molar-refractivity contribution in [1.29, 1.82) is 0 Å². The molecule has 27 heavy (non-hydrogen) atoms. The Balaban J connectivity index is 1.67. The Hall–Kier alpha value is -1.50. The smallest absolute Gasteiger partial charge is 0.260 e. The number of nitrogens with one attached hydrogen (secondary N) is 1. The van der Waals surface area contributed by atoms with Crippen LogP contribution in [0.4, 0.5) is 0 Å².